The minimum Gasteiger partial charge on any atom is -0.467 e. The van der Waals surface area contributed by atoms with Gasteiger partial charge in [0, 0.05) is 5.69 Å². The van der Waals surface area contributed by atoms with Gasteiger partial charge in [0.25, 0.3) is 5.91 Å². The quantitative estimate of drug-likeness (QED) is 0.333. The summed E-state index contributed by atoms with van der Waals surface area (Å²) in [7, 11) is 0. The van der Waals surface area contributed by atoms with Crippen LogP contribution in [0.3, 0.4) is 0 Å². The van der Waals surface area contributed by atoms with E-state index in [2.05, 4.69) is 10.6 Å². The molecule has 5 rings (SSSR count). The van der Waals surface area contributed by atoms with Gasteiger partial charge in [0.15, 0.2) is 12.1 Å². The summed E-state index contributed by atoms with van der Waals surface area (Å²) in [5, 5.41) is 7.56. The van der Waals surface area contributed by atoms with Gasteiger partial charge in [0.1, 0.15) is 5.76 Å². The van der Waals surface area contributed by atoms with Crippen molar-refractivity contribution in [3.63, 3.8) is 0 Å². The first-order chi connectivity index (χ1) is 18.0. The number of thiophene rings is 1. The number of furan rings is 1. The summed E-state index contributed by atoms with van der Waals surface area (Å²) in [5.74, 6) is 0.0516. The zero-order chi connectivity index (χ0) is 25.8. The van der Waals surface area contributed by atoms with Crippen molar-refractivity contribution >= 4 is 34.9 Å². The minimum absolute atomic E-state index is 0.190. The Kier molecular flexibility index (Phi) is 7.04. The number of carbonyl (C=O) groups excluding carboxylic acids is 3. The molecule has 0 unspecified atom stereocenters. The molecule has 1 aliphatic heterocycles. The summed E-state index contributed by atoms with van der Waals surface area (Å²) < 4.78 is 11.1. The Balaban J connectivity index is 1.37. The van der Waals surface area contributed by atoms with Crippen molar-refractivity contribution in [2.45, 2.75) is 32.2 Å². The lowest BCUT2D eigenvalue weighted by Crippen LogP contribution is -2.46. The van der Waals surface area contributed by atoms with Crippen molar-refractivity contribution in [2.75, 3.05) is 5.32 Å². The molecule has 0 aliphatic carbocycles. The number of anilines is 1. The van der Waals surface area contributed by atoms with E-state index < -0.39 is 18.2 Å². The average Bonchev–Trinajstić information content (AvgIpc) is 3.66. The van der Waals surface area contributed by atoms with Crippen LogP contribution in [0.5, 0.6) is 0 Å². The molecule has 3 heterocycles. The molecule has 1 aliphatic rings. The van der Waals surface area contributed by atoms with Crippen LogP contribution in [-0.2, 0) is 22.6 Å². The number of hydrogen-bond donors (Lipinski definition) is 2. The molecule has 2 N–H and O–H groups in total. The highest BCUT2D eigenvalue weighted by molar-refractivity contribution is 7.12. The van der Waals surface area contributed by atoms with Crippen LogP contribution >= 0.6 is 11.3 Å². The normalized spacial score (nSPS) is 16.9. The van der Waals surface area contributed by atoms with Crippen LogP contribution in [0.2, 0.25) is 0 Å². The predicted octanol–water partition coefficient (Wildman–Crippen LogP) is 5.28. The smallest absolute Gasteiger partial charge is 0.411 e. The summed E-state index contributed by atoms with van der Waals surface area (Å²) in [4.78, 5) is 40.8. The number of aryl methyl sites for hydroxylation is 1. The maximum atomic E-state index is 13.4. The molecule has 2 aromatic carbocycles. The maximum absolute atomic E-state index is 13.4. The number of nitrogens with one attached hydrogen (secondary N) is 2. The van der Waals surface area contributed by atoms with E-state index in [1.165, 1.54) is 22.5 Å². The molecule has 0 radical (unpaired) electrons. The van der Waals surface area contributed by atoms with Crippen molar-refractivity contribution in [2.24, 2.45) is 0 Å². The van der Waals surface area contributed by atoms with E-state index in [4.69, 9.17) is 9.15 Å². The third-order valence-corrected chi connectivity index (χ3v) is 6.92. The van der Waals surface area contributed by atoms with Crippen molar-refractivity contribution < 1.29 is 23.5 Å². The fraction of sp³-hybridized carbons (Fsp3) is 0.179. The summed E-state index contributed by atoms with van der Waals surface area (Å²) in [6.45, 7) is 2.39. The van der Waals surface area contributed by atoms with E-state index in [0.29, 0.717) is 21.9 Å². The minimum atomic E-state index is -0.894. The summed E-state index contributed by atoms with van der Waals surface area (Å²) in [5.41, 5.74) is 3.20. The average molecular weight is 516 g/mol. The molecule has 37 heavy (non-hydrogen) atoms. The van der Waals surface area contributed by atoms with Crippen LogP contribution < -0.4 is 10.6 Å². The molecular formula is C28H25N3O5S. The van der Waals surface area contributed by atoms with Gasteiger partial charge in [-0.15, -0.1) is 11.3 Å². The topological polar surface area (TPSA) is 101 Å². The molecule has 2 aromatic heterocycles. The first-order valence-electron chi connectivity index (χ1n) is 11.8. The van der Waals surface area contributed by atoms with Crippen molar-refractivity contribution in [3.8, 4) is 0 Å². The van der Waals surface area contributed by atoms with Crippen molar-refractivity contribution in [3.05, 3.63) is 112 Å². The molecule has 188 valence electrons. The summed E-state index contributed by atoms with van der Waals surface area (Å²) in [6, 6.07) is 20.9. The molecule has 0 saturated carbocycles. The molecule has 8 nitrogen and oxygen atoms in total. The van der Waals surface area contributed by atoms with Crippen LogP contribution in [-0.4, -0.2) is 28.8 Å². The number of carbonyl (C=O) groups is 3. The number of nitrogens with zero attached hydrogens (tertiary/aromatic N) is 1. The zero-order valence-electron chi connectivity index (χ0n) is 20.0. The molecule has 9 heteroatoms. The number of rotatable bonds is 8. The van der Waals surface area contributed by atoms with Crippen molar-refractivity contribution in [1.29, 1.82) is 0 Å². The molecule has 1 saturated heterocycles. The number of hydrogen-bond acceptors (Lipinski definition) is 6. The van der Waals surface area contributed by atoms with Crippen molar-refractivity contribution in [1.82, 2.24) is 10.2 Å². The molecule has 1 fully saturated rings. The Labute approximate surface area is 217 Å². The second-order valence-corrected chi connectivity index (χ2v) is 9.66. The Morgan fingerprint density at radius 3 is 2.57 bits per heavy atom. The SMILES string of the molecule is Cc1cccc(CN2C(=O)O[C@H](c3ccc(NC(=O)c4cccs4)cc3)[C@@H]2C(=O)NCc2ccco2)c1. The number of cyclic esters (lactones) is 1. The third-order valence-electron chi connectivity index (χ3n) is 6.05. The van der Waals surface area contributed by atoms with E-state index in [9.17, 15) is 14.4 Å². The van der Waals surface area contributed by atoms with Crippen LogP contribution in [0.15, 0.2) is 88.9 Å². The first kappa shape index (κ1) is 24.3. The first-order valence-corrected chi connectivity index (χ1v) is 12.6. The fourth-order valence-corrected chi connectivity index (χ4v) is 4.88. The van der Waals surface area contributed by atoms with Crippen LogP contribution in [0, 0.1) is 6.92 Å². The molecule has 3 amide bonds. The lowest BCUT2D eigenvalue weighted by Gasteiger charge is -2.24. The van der Waals surface area contributed by atoms with E-state index >= 15 is 0 Å². The maximum Gasteiger partial charge on any atom is 0.411 e. The number of benzene rings is 2. The van der Waals surface area contributed by atoms with Gasteiger partial charge in [0.05, 0.1) is 24.2 Å². The van der Waals surface area contributed by atoms with E-state index in [0.717, 1.165) is 11.1 Å². The molecule has 0 spiro atoms. The van der Waals surface area contributed by atoms with E-state index in [-0.39, 0.29) is 24.9 Å². The third kappa shape index (κ3) is 5.57. The Morgan fingerprint density at radius 2 is 1.86 bits per heavy atom. The lowest BCUT2D eigenvalue weighted by molar-refractivity contribution is -0.126. The highest BCUT2D eigenvalue weighted by Crippen LogP contribution is 2.34. The van der Waals surface area contributed by atoms with Crippen LogP contribution in [0.25, 0.3) is 0 Å². The van der Waals surface area contributed by atoms with Gasteiger partial charge in [-0.2, -0.15) is 0 Å². The molecular weight excluding hydrogens is 490 g/mol. The summed E-state index contributed by atoms with van der Waals surface area (Å²) >= 11 is 1.36. The van der Waals surface area contributed by atoms with Crippen LogP contribution in [0.4, 0.5) is 10.5 Å². The number of ether oxygens (including phenoxy) is 1. The predicted molar refractivity (Wildman–Crippen MR) is 139 cm³/mol. The Bertz CT molecular complexity index is 1380. The van der Waals surface area contributed by atoms with E-state index in [1.807, 2.05) is 42.6 Å². The highest BCUT2D eigenvalue weighted by Gasteiger charge is 2.47. The highest BCUT2D eigenvalue weighted by atomic mass is 32.1. The lowest BCUT2D eigenvalue weighted by atomic mass is 10.00. The summed E-state index contributed by atoms with van der Waals surface area (Å²) in [6.07, 6.45) is 0.144. The zero-order valence-corrected chi connectivity index (χ0v) is 20.9. The van der Waals surface area contributed by atoms with Crippen LogP contribution in [0.1, 0.15) is 38.2 Å². The largest absolute Gasteiger partial charge is 0.467 e. The second kappa shape index (κ2) is 10.7. The van der Waals surface area contributed by atoms with E-state index in [1.54, 1.807) is 42.5 Å². The molecule has 4 aromatic rings. The second-order valence-electron chi connectivity index (χ2n) is 8.72. The molecule has 0 bridgehead atoms. The van der Waals surface area contributed by atoms with Gasteiger partial charge in [-0.1, -0.05) is 48.0 Å². The fourth-order valence-electron chi connectivity index (χ4n) is 4.27. The van der Waals surface area contributed by atoms with Gasteiger partial charge in [0.2, 0.25) is 5.91 Å². The van der Waals surface area contributed by atoms with Gasteiger partial charge in [-0.25, -0.2) is 4.79 Å². The Morgan fingerprint density at radius 1 is 1.03 bits per heavy atom. The monoisotopic (exact) mass is 515 g/mol. The Hall–Kier alpha value is -4.37. The molecule has 2 atom stereocenters. The van der Waals surface area contributed by atoms with Gasteiger partial charge < -0.3 is 19.8 Å². The standard InChI is InChI=1S/C28H25N3O5S/c1-18-5-2-6-19(15-18)17-31-24(27(33)29-16-22-7-3-13-35-22)25(36-28(31)34)20-9-11-21(12-10-20)30-26(32)23-8-4-14-37-23/h2-15,24-25H,16-17H2,1H3,(H,29,33)(H,30,32)/t24-,25-/m1/s1. The van der Waals surface area contributed by atoms with Gasteiger partial charge in [-0.3, -0.25) is 14.5 Å². The number of amides is 3. The van der Waals surface area contributed by atoms with Gasteiger partial charge in [-0.05, 0) is 53.8 Å². The van der Waals surface area contributed by atoms with Gasteiger partial charge >= 0.3 is 6.09 Å².